The molecule has 0 aliphatic carbocycles. The molecule has 3 heterocycles. The molecule has 2 aromatic carbocycles. The zero-order valence-electron chi connectivity index (χ0n) is 20.8. The molecule has 0 radical (unpaired) electrons. The first-order valence-electron chi connectivity index (χ1n) is 12.9. The second kappa shape index (κ2) is 11.5. The van der Waals surface area contributed by atoms with Gasteiger partial charge in [-0.3, -0.25) is 19.8 Å². The molecule has 2 atom stereocenters. The number of carbonyl (C=O) groups excluding carboxylic acids is 1. The monoisotopic (exact) mass is 520 g/mol. The third kappa shape index (κ3) is 5.90. The van der Waals surface area contributed by atoms with Crippen LogP contribution in [0, 0.1) is 21.4 Å². The quantitative estimate of drug-likeness (QED) is 0.438. The molecule has 9 nitrogen and oxygen atoms in total. The molecule has 3 aliphatic heterocycles. The van der Waals surface area contributed by atoms with Gasteiger partial charge in [0.05, 0.1) is 28.5 Å². The highest BCUT2D eigenvalue weighted by atomic mass is 32.2. The summed E-state index contributed by atoms with van der Waals surface area (Å²) in [5.74, 6) is 2.02. The SMILES string of the molecule is N#Cc1ccc(CN(C2CCN(c3ccc([N+](=O)[O-])cc3)CC2)[C@@H]2CN[C@H](C(=O)N3CCSC3)C2)cc1. The first kappa shape index (κ1) is 25.5. The molecule has 0 aromatic heterocycles. The van der Waals surface area contributed by atoms with Gasteiger partial charge in [0.2, 0.25) is 5.91 Å². The Balaban J connectivity index is 1.27. The van der Waals surface area contributed by atoms with Crippen molar-refractivity contribution in [3.63, 3.8) is 0 Å². The molecule has 0 bridgehead atoms. The van der Waals surface area contributed by atoms with Gasteiger partial charge in [-0.2, -0.15) is 5.26 Å². The summed E-state index contributed by atoms with van der Waals surface area (Å²) in [4.78, 5) is 30.5. The average Bonchev–Trinajstić information content (AvgIpc) is 3.65. The Kier molecular flexibility index (Phi) is 7.93. The Labute approximate surface area is 221 Å². The van der Waals surface area contributed by atoms with Gasteiger partial charge < -0.3 is 15.1 Å². The molecule has 10 heteroatoms. The molecular formula is C27H32N6O3S. The van der Waals surface area contributed by atoms with Crippen LogP contribution in [0.1, 0.15) is 30.4 Å². The zero-order chi connectivity index (χ0) is 25.8. The Morgan fingerprint density at radius 2 is 1.84 bits per heavy atom. The zero-order valence-corrected chi connectivity index (χ0v) is 21.6. The summed E-state index contributed by atoms with van der Waals surface area (Å²) in [7, 11) is 0. The van der Waals surface area contributed by atoms with Crippen molar-refractivity contribution in [3.05, 3.63) is 69.8 Å². The van der Waals surface area contributed by atoms with Crippen LogP contribution in [-0.4, -0.2) is 76.6 Å². The minimum absolute atomic E-state index is 0.109. The second-order valence-corrected chi connectivity index (χ2v) is 11.0. The van der Waals surface area contributed by atoms with E-state index in [9.17, 15) is 20.2 Å². The largest absolute Gasteiger partial charge is 0.371 e. The fourth-order valence-electron chi connectivity index (χ4n) is 5.66. The molecule has 3 fully saturated rings. The van der Waals surface area contributed by atoms with Crippen LogP contribution < -0.4 is 10.2 Å². The molecule has 5 rings (SSSR count). The summed E-state index contributed by atoms with van der Waals surface area (Å²) in [6.45, 7) is 4.15. The number of hydrogen-bond donors (Lipinski definition) is 1. The number of nitro groups is 1. The Morgan fingerprint density at radius 3 is 2.46 bits per heavy atom. The van der Waals surface area contributed by atoms with Crippen LogP contribution in [0.4, 0.5) is 11.4 Å². The summed E-state index contributed by atoms with van der Waals surface area (Å²) in [6.07, 6.45) is 2.76. The van der Waals surface area contributed by atoms with Crippen molar-refractivity contribution in [1.82, 2.24) is 15.1 Å². The van der Waals surface area contributed by atoms with Crippen LogP contribution >= 0.6 is 11.8 Å². The number of carbonyl (C=O) groups is 1. The minimum atomic E-state index is -0.368. The van der Waals surface area contributed by atoms with Gasteiger partial charge in [-0.05, 0) is 49.1 Å². The molecule has 0 saturated carbocycles. The number of nitro benzene ring substituents is 1. The molecule has 194 valence electrons. The molecule has 37 heavy (non-hydrogen) atoms. The van der Waals surface area contributed by atoms with Crippen LogP contribution in [0.25, 0.3) is 0 Å². The average molecular weight is 521 g/mol. The maximum atomic E-state index is 13.0. The van der Waals surface area contributed by atoms with E-state index in [-0.39, 0.29) is 28.6 Å². The van der Waals surface area contributed by atoms with Crippen molar-refractivity contribution in [3.8, 4) is 6.07 Å². The topological polar surface area (TPSA) is 106 Å². The van der Waals surface area contributed by atoms with E-state index in [0.29, 0.717) is 11.6 Å². The van der Waals surface area contributed by atoms with E-state index in [0.717, 1.165) is 69.3 Å². The number of nitriles is 1. The first-order chi connectivity index (χ1) is 18.0. The Hall–Kier alpha value is -3.13. The number of amides is 1. The number of anilines is 1. The summed E-state index contributed by atoms with van der Waals surface area (Å²) in [6, 6.07) is 17.3. The lowest BCUT2D eigenvalue weighted by molar-refractivity contribution is -0.384. The Morgan fingerprint density at radius 1 is 1.11 bits per heavy atom. The van der Waals surface area contributed by atoms with Crippen LogP contribution in [0.15, 0.2) is 48.5 Å². The maximum Gasteiger partial charge on any atom is 0.269 e. The third-order valence-electron chi connectivity index (χ3n) is 7.75. The van der Waals surface area contributed by atoms with E-state index in [2.05, 4.69) is 21.2 Å². The van der Waals surface area contributed by atoms with Gasteiger partial charge in [0.25, 0.3) is 5.69 Å². The standard InChI is InChI=1S/C27H32N6O3S/c28-16-20-1-3-21(4-2-20)18-32(25-15-26(29-17-25)27(34)31-13-14-37-19-31)23-9-11-30(12-10-23)22-5-7-24(8-6-22)33(35)36/h1-8,23,25-26,29H,9-15,17-19H2/t25-,26-/m0/s1. The highest BCUT2D eigenvalue weighted by Crippen LogP contribution is 2.29. The minimum Gasteiger partial charge on any atom is -0.371 e. The highest BCUT2D eigenvalue weighted by Gasteiger charge is 2.38. The predicted octanol–water partition coefficient (Wildman–Crippen LogP) is 3.20. The van der Waals surface area contributed by atoms with E-state index in [1.165, 1.54) is 5.56 Å². The number of nitrogens with zero attached hydrogens (tertiary/aromatic N) is 5. The molecule has 1 amide bonds. The van der Waals surface area contributed by atoms with Crippen molar-refractivity contribution in [2.75, 3.05) is 42.7 Å². The van der Waals surface area contributed by atoms with Crippen LogP contribution in [0.2, 0.25) is 0 Å². The highest BCUT2D eigenvalue weighted by molar-refractivity contribution is 7.99. The summed E-state index contributed by atoms with van der Waals surface area (Å²) < 4.78 is 0. The van der Waals surface area contributed by atoms with Crippen molar-refractivity contribution < 1.29 is 9.72 Å². The molecule has 0 unspecified atom stereocenters. The van der Waals surface area contributed by atoms with Gasteiger partial charge in [0, 0.05) is 68.4 Å². The summed E-state index contributed by atoms with van der Waals surface area (Å²) in [5.41, 5.74) is 2.95. The van der Waals surface area contributed by atoms with E-state index in [1.54, 1.807) is 12.1 Å². The lowest BCUT2D eigenvalue weighted by Gasteiger charge is -2.42. The van der Waals surface area contributed by atoms with Crippen molar-refractivity contribution >= 4 is 29.0 Å². The lowest BCUT2D eigenvalue weighted by atomic mass is 9.98. The van der Waals surface area contributed by atoms with E-state index < -0.39 is 0 Å². The normalized spacial score (nSPS) is 22.4. The first-order valence-corrected chi connectivity index (χ1v) is 14.0. The number of thioether (sulfide) groups is 1. The van der Waals surface area contributed by atoms with Gasteiger partial charge in [0.15, 0.2) is 0 Å². The number of non-ortho nitro benzene ring substituents is 1. The van der Waals surface area contributed by atoms with Gasteiger partial charge in [-0.15, -0.1) is 11.8 Å². The maximum absolute atomic E-state index is 13.0. The van der Waals surface area contributed by atoms with Crippen molar-refractivity contribution in [1.29, 1.82) is 5.26 Å². The Bertz CT molecular complexity index is 1140. The number of hydrogen-bond acceptors (Lipinski definition) is 8. The molecule has 3 aliphatic rings. The van der Waals surface area contributed by atoms with E-state index in [1.807, 2.05) is 53.1 Å². The fourth-order valence-corrected chi connectivity index (χ4v) is 6.61. The molecule has 1 N–H and O–H groups in total. The van der Waals surface area contributed by atoms with E-state index >= 15 is 0 Å². The van der Waals surface area contributed by atoms with Crippen molar-refractivity contribution in [2.45, 2.75) is 43.9 Å². The summed E-state index contributed by atoms with van der Waals surface area (Å²) in [5, 5.41) is 23.7. The summed E-state index contributed by atoms with van der Waals surface area (Å²) >= 11 is 1.81. The molecule has 3 saturated heterocycles. The predicted molar refractivity (Wildman–Crippen MR) is 144 cm³/mol. The number of nitrogens with one attached hydrogen (secondary N) is 1. The smallest absolute Gasteiger partial charge is 0.269 e. The number of piperidine rings is 1. The molecular weight excluding hydrogens is 488 g/mol. The van der Waals surface area contributed by atoms with Gasteiger partial charge in [-0.25, -0.2) is 0 Å². The molecule has 0 spiro atoms. The molecule has 2 aromatic rings. The van der Waals surface area contributed by atoms with Crippen LogP contribution in [-0.2, 0) is 11.3 Å². The van der Waals surface area contributed by atoms with Gasteiger partial charge >= 0.3 is 0 Å². The second-order valence-electron chi connectivity index (χ2n) is 9.96. The van der Waals surface area contributed by atoms with Gasteiger partial charge in [-0.1, -0.05) is 12.1 Å². The lowest BCUT2D eigenvalue weighted by Crippen LogP contribution is -2.49. The van der Waals surface area contributed by atoms with Crippen LogP contribution in [0.3, 0.4) is 0 Å². The number of benzene rings is 2. The van der Waals surface area contributed by atoms with Crippen molar-refractivity contribution in [2.24, 2.45) is 0 Å². The van der Waals surface area contributed by atoms with Crippen LogP contribution in [0.5, 0.6) is 0 Å². The number of rotatable bonds is 7. The van der Waals surface area contributed by atoms with Gasteiger partial charge in [0.1, 0.15) is 0 Å². The third-order valence-corrected chi connectivity index (χ3v) is 8.71. The fraction of sp³-hybridized carbons (Fsp3) is 0.481. The van der Waals surface area contributed by atoms with E-state index in [4.69, 9.17) is 0 Å².